The number of hydrogen-bond acceptors (Lipinski definition) is 4. The van der Waals surface area contributed by atoms with Crippen LogP contribution in [-0.2, 0) is 17.3 Å². The van der Waals surface area contributed by atoms with Gasteiger partial charge in [-0.05, 0) is 59.7 Å². The first-order valence-corrected chi connectivity index (χ1v) is 12.4. The van der Waals surface area contributed by atoms with Gasteiger partial charge < -0.3 is 10.5 Å². The molecule has 1 unspecified atom stereocenters. The van der Waals surface area contributed by atoms with Crippen LogP contribution in [0.1, 0.15) is 93.0 Å². The summed E-state index contributed by atoms with van der Waals surface area (Å²) < 4.78 is 8.25. The van der Waals surface area contributed by atoms with Crippen LogP contribution in [0.4, 0.5) is 0 Å². The Balaban J connectivity index is 1.71. The molecule has 0 bridgehead atoms. The lowest BCUT2D eigenvalue weighted by molar-refractivity contribution is 0.100. The highest BCUT2D eigenvalue weighted by molar-refractivity contribution is 5.92. The lowest BCUT2D eigenvalue weighted by Gasteiger charge is -2.21. The number of carbonyl (C=O) groups excluding carboxylic acids is 1. The van der Waals surface area contributed by atoms with Gasteiger partial charge in [0.15, 0.2) is 11.6 Å². The zero-order chi connectivity index (χ0) is 26.4. The van der Waals surface area contributed by atoms with E-state index >= 15 is 0 Å². The quantitative estimate of drug-likeness (QED) is 0.338. The van der Waals surface area contributed by atoms with E-state index in [1.54, 1.807) is 24.3 Å². The second kappa shape index (κ2) is 9.12. The van der Waals surface area contributed by atoms with E-state index in [1.165, 1.54) is 16.7 Å². The molecule has 190 valence electrons. The van der Waals surface area contributed by atoms with Gasteiger partial charge in [0, 0.05) is 16.9 Å². The molecule has 1 amide bonds. The summed E-state index contributed by atoms with van der Waals surface area (Å²) in [6.45, 7) is 17.4. The summed E-state index contributed by atoms with van der Waals surface area (Å²) in [6.07, 6.45) is 0.852. The molecule has 4 rings (SSSR count). The Kier molecular flexibility index (Phi) is 6.45. The van der Waals surface area contributed by atoms with Crippen LogP contribution in [-0.4, -0.2) is 25.7 Å². The zero-order valence-corrected chi connectivity index (χ0v) is 22.6. The molecule has 2 heterocycles. The molecule has 0 aliphatic rings. The van der Waals surface area contributed by atoms with E-state index in [2.05, 4.69) is 88.9 Å². The lowest BCUT2D eigenvalue weighted by atomic mass is 9.84. The van der Waals surface area contributed by atoms with Gasteiger partial charge in [0.2, 0.25) is 11.6 Å². The van der Waals surface area contributed by atoms with Crippen molar-refractivity contribution in [2.45, 2.75) is 78.6 Å². The minimum Gasteiger partial charge on any atom is -0.451 e. The van der Waals surface area contributed by atoms with Crippen LogP contribution >= 0.6 is 0 Å². The molecule has 36 heavy (non-hydrogen) atoms. The van der Waals surface area contributed by atoms with E-state index in [4.69, 9.17) is 10.5 Å². The molecule has 2 aromatic carbocycles. The van der Waals surface area contributed by atoms with Gasteiger partial charge in [0.05, 0.1) is 5.69 Å². The number of carbonyl (C=O) groups is 1. The maximum absolute atomic E-state index is 11.4. The third-order valence-corrected chi connectivity index (χ3v) is 6.63. The average Bonchev–Trinajstić information content (AvgIpc) is 3.35. The normalized spacial score (nSPS) is 13.2. The Labute approximate surface area is 213 Å². The number of primary amides is 1. The predicted molar refractivity (Wildman–Crippen MR) is 143 cm³/mol. The highest BCUT2D eigenvalue weighted by Crippen LogP contribution is 2.38. The monoisotopic (exact) mass is 487 g/mol. The largest absolute Gasteiger partial charge is 0.451 e. The summed E-state index contributed by atoms with van der Waals surface area (Å²) in [5.41, 5.74) is 11.2. The number of rotatable bonds is 6. The third-order valence-electron chi connectivity index (χ3n) is 6.63. The van der Waals surface area contributed by atoms with E-state index < -0.39 is 5.91 Å². The molecule has 1 atom stereocenters. The number of H-pyrrole nitrogens is 1. The molecule has 0 saturated carbocycles. The standard InChI is InChI=1S/C29H37N5O2/c1-17-9-12-21(28(3,4)5)16-20(17)15-18(2)26-31-32-27-23(24(29(6,7)8)33-34(26)27)36-22-13-10-19(11-14-22)25(30)35/h9-14,16,18,33H,15H2,1-8H3,(H2,30,35). The van der Waals surface area contributed by atoms with Gasteiger partial charge in [0.1, 0.15) is 5.75 Å². The van der Waals surface area contributed by atoms with Crippen LogP contribution in [0.5, 0.6) is 11.5 Å². The SMILES string of the molecule is Cc1ccc(C(C)(C)C)cc1CC(C)c1nnc2c(Oc3ccc(C(N)=O)cc3)c(C(C)(C)C)[nH]n12. The van der Waals surface area contributed by atoms with Crippen LogP contribution in [0.15, 0.2) is 42.5 Å². The topological polar surface area (TPSA) is 98.3 Å². The number of nitrogens with one attached hydrogen (secondary N) is 1. The molecule has 0 radical (unpaired) electrons. The fraction of sp³-hybridized carbons (Fsp3) is 0.414. The number of aryl methyl sites for hydroxylation is 1. The summed E-state index contributed by atoms with van der Waals surface area (Å²) in [4.78, 5) is 11.4. The van der Waals surface area contributed by atoms with Crippen molar-refractivity contribution < 1.29 is 9.53 Å². The van der Waals surface area contributed by atoms with E-state index in [0.717, 1.165) is 17.9 Å². The third kappa shape index (κ3) is 5.01. The Morgan fingerprint density at radius 1 is 1.03 bits per heavy atom. The van der Waals surface area contributed by atoms with Gasteiger partial charge in [-0.15, -0.1) is 10.2 Å². The summed E-state index contributed by atoms with van der Waals surface area (Å²) >= 11 is 0. The van der Waals surface area contributed by atoms with E-state index in [-0.39, 0.29) is 16.7 Å². The minimum absolute atomic E-state index is 0.0940. The van der Waals surface area contributed by atoms with Crippen LogP contribution in [0.25, 0.3) is 5.65 Å². The molecule has 0 aliphatic heterocycles. The zero-order valence-electron chi connectivity index (χ0n) is 22.6. The first-order chi connectivity index (χ1) is 16.8. The van der Waals surface area contributed by atoms with Gasteiger partial charge in [-0.3, -0.25) is 9.89 Å². The molecule has 0 fully saturated rings. The van der Waals surface area contributed by atoms with Crippen molar-refractivity contribution in [2.24, 2.45) is 5.73 Å². The summed E-state index contributed by atoms with van der Waals surface area (Å²) in [5.74, 6) is 1.74. The average molecular weight is 488 g/mol. The molecule has 2 aromatic heterocycles. The summed E-state index contributed by atoms with van der Waals surface area (Å²) in [6, 6.07) is 13.5. The second-order valence-electron chi connectivity index (χ2n) is 11.8. The number of nitrogens with two attached hydrogens (primary N) is 1. The van der Waals surface area contributed by atoms with Crippen LogP contribution in [0, 0.1) is 6.92 Å². The number of nitrogens with zero attached hydrogens (tertiary/aromatic N) is 3. The van der Waals surface area contributed by atoms with Crippen LogP contribution in [0.3, 0.4) is 0 Å². The minimum atomic E-state index is -0.472. The van der Waals surface area contributed by atoms with E-state index in [1.807, 2.05) is 4.52 Å². The summed E-state index contributed by atoms with van der Waals surface area (Å²) in [7, 11) is 0. The number of ether oxygens (including phenoxy) is 1. The molecule has 0 saturated heterocycles. The molecular formula is C29H37N5O2. The smallest absolute Gasteiger partial charge is 0.248 e. The highest BCUT2D eigenvalue weighted by atomic mass is 16.5. The molecule has 0 aliphatic carbocycles. The number of aromatic amines is 1. The van der Waals surface area contributed by atoms with Gasteiger partial charge in [-0.2, -0.15) is 0 Å². The molecule has 3 N–H and O–H groups in total. The van der Waals surface area contributed by atoms with Crippen molar-refractivity contribution in [1.29, 1.82) is 0 Å². The van der Waals surface area contributed by atoms with Crippen LogP contribution < -0.4 is 10.5 Å². The predicted octanol–water partition coefficient (Wildman–Crippen LogP) is 6.20. The number of hydrogen-bond donors (Lipinski definition) is 2. The van der Waals surface area contributed by atoms with Crippen molar-refractivity contribution in [3.8, 4) is 11.5 Å². The van der Waals surface area contributed by atoms with Crippen LogP contribution in [0.2, 0.25) is 0 Å². The van der Waals surface area contributed by atoms with Crippen molar-refractivity contribution >= 4 is 11.6 Å². The molecule has 7 nitrogen and oxygen atoms in total. The summed E-state index contributed by atoms with van der Waals surface area (Å²) in [5, 5.41) is 12.6. The Hall–Kier alpha value is -3.61. The lowest BCUT2D eigenvalue weighted by Crippen LogP contribution is -2.14. The fourth-order valence-electron chi connectivity index (χ4n) is 4.34. The van der Waals surface area contributed by atoms with E-state index in [0.29, 0.717) is 22.7 Å². The van der Waals surface area contributed by atoms with Gasteiger partial charge >= 0.3 is 0 Å². The maximum atomic E-state index is 11.4. The molecule has 4 aromatic rings. The Morgan fingerprint density at radius 2 is 1.69 bits per heavy atom. The van der Waals surface area contributed by atoms with Crippen molar-refractivity contribution in [2.75, 3.05) is 0 Å². The molecule has 0 spiro atoms. The first kappa shape index (κ1) is 25.5. The van der Waals surface area contributed by atoms with Gasteiger partial charge in [0.25, 0.3) is 0 Å². The first-order valence-electron chi connectivity index (χ1n) is 12.4. The number of benzene rings is 2. The number of amides is 1. The molecule has 7 heteroatoms. The number of fused-ring (bicyclic) bond motifs is 1. The highest BCUT2D eigenvalue weighted by Gasteiger charge is 2.29. The Morgan fingerprint density at radius 3 is 2.28 bits per heavy atom. The fourth-order valence-corrected chi connectivity index (χ4v) is 4.34. The second-order valence-corrected chi connectivity index (χ2v) is 11.8. The molecular weight excluding hydrogens is 450 g/mol. The van der Waals surface area contributed by atoms with Gasteiger partial charge in [-0.1, -0.05) is 66.7 Å². The van der Waals surface area contributed by atoms with E-state index in [9.17, 15) is 4.79 Å². The Bertz CT molecular complexity index is 1400. The number of aromatic nitrogens is 4. The van der Waals surface area contributed by atoms with Crippen molar-refractivity contribution in [3.63, 3.8) is 0 Å². The maximum Gasteiger partial charge on any atom is 0.248 e. The van der Waals surface area contributed by atoms with Crippen molar-refractivity contribution in [3.05, 3.63) is 76.2 Å². The van der Waals surface area contributed by atoms with Crippen molar-refractivity contribution in [1.82, 2.24) is 19.8 Å². The van der Waals surface area contributed by atoms with Gasteiger partial charge in [-0.25, -0.2) is 4.52 Å².